The lowest BCUT2D eigenvalue weighted by molar-refractivity contribution is -0.138. The Morgan fingerprint density at radius 2 is 1.85 bits per heavy atom. The van der Waals surface area contributed by atoms with Crippen LogP contribution < -0.4 is 29.1 Å². The van der Waals surface area contributed by atoms with Gasteiger partial charge in [0.1, 0.15) is 12.4 Å². The van der Waals surface area contributed by atoms with Gasteiger partial charge in [0.15, 0.2) is 16.3 Å². The van der Waals surface area contributed by atoms with E-state index in [-0.39, 0.29) is 29.2 Å². The minimum absolute atomic E-state index is 0.00475. The number of para-hydroxylation sites is 1. The van der Waals surface area contributed by atoms with Crippen LogP contribution in [0.3, 0.4) is 0 Å². The highest BCUT2D eigenvalue weighted by Gasteiger charge is 2.34. The Bertz CT molecular complexity index is 1710. The molecule has 1 aliphatic heterocycles. The molecule has 40 heavy (non-hydrogen) atoms. The number of hydrogen-bond acceptors (Lipinski definition) is 9. The normalized spacial score (nSPS) is 14.9. The van der Waals surface area contributed by atoms with E-state index in [4.69, 9.17) is 18.9 Å². The quantitative estimate of drug-likeness (QED) is 0.224. The largest absolute Gasteiger partial charge is 0.496 e. The van der Waals surface area contributed by atoms with Crippen LogP contribution in [-0.4, -0.2) is 37.3 Å². The van der Waals surface area contributed by atoms with E-state index >= 15 is 0 Å². The lowest BCUT2D eigenvalue weighted by Crippen LogP contribution is -2.39. The van der Waals surface area contributed by atoms with E-state index in [9.17, 15) is 14.4 Å². The summed E-state index contributed by atoms with van der Waals surface area (Å²) in [4.78, 5) is 43.5. The molecule has 2 aromatic carbocycles. The summed E-state index contributed by atoms with van der Waals surface area (Å²) in [6, 6.07) is 11.5. The van der Waals surface area contributed by atoms with Gasteiger partial charge >= 0.3 is 11.9 Å². The topological polar surface area (TPSA) is 105 Å². The van der Waals surface area contributed by atoms with Crippen molar-refractivity contribution in [2.24, 2.45) is 4.99 Å². The average Bonchev–Trinajstić information content (AvgIpc) is 3.25. The third kappa shape index (κ3) is 5.81. The zero-order valence-electron chi connectivity index (χ0n) is 22.5. The molecule has 10 heteroatoms. The van der Waals surface area contributed by atoms with Crippen LogP contribution in [0, 0.1) is 0 Å². The molecular formula is C30H28N2O7S. The molecule has 0 bridgehead atoms. The first-order valence-electron chi connectivity index (χ1n) is 12.3. The maximum absolute atomic E-state index is 13.8. The predicted molar refractivity (Wildman–Crippen MR) is 152 cm³/mol. The molecule has 1 atom stereocenters. The zero-order valence-corrected chi connectivity index (χ0v) is 23.3. The summed E-state index contributed by atoms with van der Waals surface area (Å²) in [5, 5.41) is 0. The summed E-state index contributed by atoms with van der Waals surface area (Å²) in [5.41, 5.74) is 1.69. The molecule has 0 fully saturated rings. The Kier molecular flexibility index (Phi) is 8.80. The standard InChI is InChI=1S/C30H28N2O7S/c1-6-16-38-29(35)26-18(2)31-30-32(27(26)21-14-15-23(39-19(3)33)24(17-21)37-5)28(34)25(40-30)13-9-11-20-10-7-8-12-22(20)36-4/h6-15,17,27H,1,16H2,2-5H3. The summed E-state index contributed by atoms with van der Waals surface area (Å²) in [5.74, 6) is 0.0504. The fourth-order valence-corrected chi connectivity index (χ4v) is 5.26. The summed E-state index contributed by atoms with van der Waals surface area (Å²) in [7, 11) is 3.03. The Labute approximate surface area is 234 Å². The highest BCUT2D eigenvalue weighted by atomic mass is 32.1. The van der Waals surface area contributed by atoms with Crippen molar-refractivity contribution in [2.45, 2.75) is 19.9 Å². The van der Waals surface area contributed by atoms with Crippen LogP contribution in [0.25, 0.3) is 12.2 Å². The lowest BCUT2D eigenvalue weighted by Gasteiger charge is -2.25. The first-order chi connectivity index (χ1) is 19.3. The molecule has 0 radical (unpaired) electrons. The van der Waals surface area contributed by atoms with Crippen molar-refractivity contribution in [3.63, 3.8) is 0 Å². The van der Waals surface area contributed by atoms with Crippen molar-refractivity contribution in [1.82, 2.24) is 4.57 Å². The molecule has 0 N–H and O–H groups in total. The fourth-order valence-electron chi connectivity index (χ4n) is 4.26. The molecule has 206 valence electrons. The van der Waals surface area contributed by atoms with Gasteiger partial charge in [0.2, 0.25) is 0 Å². The van der Waals surface area contributed by atoms with E-state index in [1.165, 1.54) is 36.0 Å². The molecule has 1 unspecified atom stereocenters. The minimum atomic E-state index is -0.866. The van der Waals surface area contributed by atoms with Crippen LogP contribution in [0.5, 0.6) is 17.2 Å². The van der Waals surface area contributed by atoms with Crippen LogP contribution in [0.1, 0.15) is 31.0 Å². The van der Waals surface area contributed by atoms with E-state index in [1.807, 2.05) is 30.3 Å². The van der Waals surface area contributed by atoms with Crippen molar-refractivity contribution in [3.05, 3.63) is 103 Å². The van der Waals surface area contributed by atoms with Crippen LogP contribution >= 0.6 is 11.3 Å². The number of methoxy groups -OCH3 is 2. The van der Waals surface area contributed by atoms with Gasteiger partial charge in [-0.05, 0) is 36.8 Å². The van der Waals surface area contributed by atoms with E-state index in [2.05, 4.69) is 11.6 Å². The van der Waals surface area contributed by atoms with Gasteiger partial charge in [-0.25, -0.2) is 9.79 Å². The number of benzene rings is 2. The number of esters is 2. The third-order valence-corrected chi connectivity index (χ3v) is 6.99. The van der Waals surface area contributed by atoms with Crippen LogP contribution in [0.4, 0.5) is 0 Å². The summed E-state index contributed by atoms with van der Waals surface area (Å²) < 4.78 is 23.3. The highest BCUT2D eigenvalue weighted by molar-refractivity contribution is 7.07. The number of hydrogen-bond donors (Lipinski definition) is 0. The third-order valence-electron chi connectivity index (χ3n) is 5.99. The van der Waals surface area contributed by atoms with Gasteiger partial charge in [-0.3, -0.25) is 14.2 Å². The Hall–Kier alpha value is -4.70. The van der Waals surface area contributed by atoms with Gasteiger partial charge in [-0.1, -0.05) is 60.4 Å². The van der Waals surface area contributed by atoms with E-state index in [1.54, 1.807) is 44.4 Å². The van der Waals surface area contributed by atoms with Crippen LogP contribution in [-0.2, 0) is 14.3 Å². The van der Waals surface area contributed by atoms with E-state index in [0.717, 1.165) is 5.56 Å². The Balaban J connectivity index is 1.87. The number of allylic oxidation sites excluding steroid dienone is 2. The number of aromatic nitrogens is 1. The molecule has 0 saturated heterocycles. The molecule has 1 aromatic heterocycles. The van der Waals surface area contributed by atoms with Gasteiger partial charge in [-0.2, -0.15) is 0 Å². The van der Waals surface area contributed by atoms with Crippen LogP contribution in [0.15, 0.2) is 82.3 Å². The van der Waals surface area contributed by atoms with Crippen molar-refractivity contribution in [3.8, 4) is 17.2 Å². The average molecular weight is 561 g/mol. The lowest BCUT2D eigenvalue weighted by atomic mass is 9.95. The first-order valence-corrected chi connectivity index (χ1v) is 13.1. The van der Waals surface area contributed by atoms with Gasteiger partial charge in [0, 0.05) is 12.5 Å². The first kappa shape index (κ1) is 28.3. The molecule has 0 aliphatic carbocycles. The second kappa shape index (κ2) is 12.4. The number of fused-ring (bicyclic) bond motifs is 1. The smallest absolute Gasteiger partial charge is 0.338 e. The van der Waals surface area contributed by atoms with Gasteiger partial charge < -0.3 is 18.9 Å². The van der Waals surface area contributed by atoms with Gasteiger partial charge in [0.25, 0.3) is 5.56 Å². The number of nitrogens with zero attached hydrogens (tertiary/aromatic N) is 2. The van der Waals surface area contributed by atoms with E-state index in [0.29, 0.717) is 26.3 Å². The molecule has 0 saturated carbocycles. The Morgan fingerprint density at radius 3 is 2.55 bits per heavy atom. The summed E-state index contributed by atoms with van der Waals surface area (Å²) >= 11 is 1.21. The summed E-state index contributed by atoms with van der Waals surface area (Å²) in [6.45, 7) is 6.57. The molecule has 9 nitrogen and oxygen atoms in total. The molecular weight excluding hydrogens is 532 g/mol. The molecule has 0 spiro atoms. The van der Waals surface area contributed by atoms with Crippen molar-refractivity contribution >= 4 is 35.4 Å². The van der Waals surface area contributed by atoms with Crippen molar-refractivity contribution < 1.29 is 28.5 Å². The summed E-state index contributed by atoms with van der Waals surface area (Å²) in [6.07, 6.45) is 6.77. The number of carbonyl (C=O) groups excluding carboxylic acids is 2. The molecule has 2 heterocycles. The number of thiazole rings is 1. The molecule has 0 amide bonds. The predicted octanol–water partition coefficient (Wildman–Crippen LogP) is 3.57. The molecule has 1 aliphatic rings. The number of rotatable bonds is 9. The highest BCUT2D eigenvalue weighted by Crippen LogP contribution is 2.36. The van der Waals surface area contributed by atoms with E-state index < -0.39 is 18.0 Å². The minimum Gasteiger partial charge on any atom is -0.496 e. The maximum Gasteiger partial charge on any atom is 0.338 e. The monoisotopic (exact) mass is 560 g/mol. The fraction of sp³-hybridized carbons (Fsp3) is 0.200. The van der Waals surface area contributed by atoms with Crippen molar-refractivity contribution in [2.75, 3.05) is 20.8 Å². The second-order valence-electron chi connectivity index (χ2n) is 8.60. The van der Waals surface area contributed by atoms with Crippen molar-refractivity contribution in [1.29, 1.82) is 0 Å². The van der Waals surface area contributed by atoms with Gasteiger partial charge in [0.05, 0.1) is 36.1 Å². The second-order valence-corrected chi connectivity index (χ2v) is 9.61. The SMILES string of the molecule is C=CCOC(=O)C1=C(C)N=c2sc(=CC=Cc3ccccc3OC)c(=O)n2C1c1ccc(OC(C)=O)c(OC)c1. The van der Waals surface area contributed by atoms with Gasteiger partial charge in [-0.15, -0.1) is 0 Å². The number of carbonyl (C=O) groups is 2. The maximum atomic E-state index is 13.8. The molecule has 3 aromatic rings. The zero-order chi connectivity index (χ0) is 28.8. The van der Waals surface area contributed by atoms with Crippen LogP contribution in [0.2, 0.25) is 0 Å². The Morgan fingerprint density at radius 1 is 1.10 bits per heavy atom. The molecule has 4 rings (SSSR count). The number of ether oxygens (including phenoxy) is 4.